The Morgan fingerprint density at radius 1 is 1.35 bits per heavy atom. The van der Waals surface area contributed by atoms with Gasteiger partial charge in [-0.2, -0.15) is 0 Å². The first-order valence-electron chi connectivity index (χ1n) is 6.78. The van der Waals surface area contributed by atoms with Gasteiger partial charge in [0.1, 0.15) is 11.5 Å². The van der Waals surface area contributed by atoms with Crippen molar-refractivity contribution in [2.24, 2.45) is 0 Å². The first-order valence-corrected chi connectivity index (χ1v) is 7.57. The van der Waals surface area contributed by atoms with E-state index >= 15 is 0 Å². The molecular formula is C16H20BrNO2. The topological polar surface area (TPSA) is 34.4 Å². The van der Waals surface area contributed by atoms with Crippen molar-refractivity contribution in [3.05, 3.63) is 51.9 Å². The van der Waals surface area contributed by atoms with Crippen molar-refractivity contribution >= 4 is 15.9 Å². The normalized spacial score (nSPS) is 12.4. The number of nitrogens with one attached hydrogen (secondary N) is 1. The van der Waals surface area contributed by atoms with Gasteiger partial charge in [0.15, 0.2) is 0 Å². The fourth-order valence-electron chi connectivity index (χ4n) is 2.19. The molecule has 1 aromatic heterocycles. The summed E-state index contributed by atoms with van der Waals surface area (Å²) < 4.78 is 11.9. The fourth-order valence-corrected chi connectivity index (χ4v) is 2.75. The van der Waals surface area contributed by atoms with Crippen molar-refractivity contribution in [3.63, 3.8) is 0 Å². The van der Waals surface area contributed by atoms with E-state index in [2.05, 4.69) is 47.2 Å². The number of hydrogen-bond acceptors (Lipinski definition) is 3. The molecule has 0 radical (unpaired) electrons. The van der Waals surface area contributed by atoms with Crippen LogP contribution >= 0.6 is 15.9 Å². The second kappa shape index (κ2) is 6.95. The molecule has 0 aliphatic carbocycles. The molecule has 2 rings (SSSR count). The van der Waals surface area contributed by atoms with E-state index in [-0.39, 0.29) is 6.04 Å². The number of aryl methyl sites for hydroxylation is 1. The van der Waals surface area contributed by atoms with Gasteiger partial charge in [0.2, 0.25) is 0 Å². The van der Waals surface area contributed by atoms with Crippen molar-refractivity contribution in [1.29, 1.82) is 0 Å². The predicted molar refractivity (Wildman–Crippen MR) is 84.3 cm³/mol. The maximum atomic E-state index is 5.67. The van der Waals surface area contributed by atoms with Gasteiger partial charge in [-0.15, -0.1) is 0 Å². The molecule has 1 atom stereocenters. The lowest BCUT2D eigenvalue weighted by Crippen LogP contribution is -2.23. The lowest BCUT2D eigenvalue weighted by atomic mass is 10.0. The summed E-state index contributed by atoms with van der Waals surface area (Å²) in [4.78, 5) is 0. The molecule has 0 spiro atoms. The number of furan rings is 1. The van der Waals surface area contributed by atoms with E-state index in [0.717, 1.165) is 40.1 Å². The van der Waals surface area contributed by atoms with Gasteiger partial charge in [0.05, 0.1) is 23.9 Å². The zero-order valence-corrected chi connectivity index (χ0v) is 13.7. The summed E-state index contributed by atoms with van der Waals surface area (Å²) in [5, 5.41) is 3.54. The minimum Gasteiger partial charge on any atom is -0.496 e. The fraction of sp³-hybridized carbons (Fsp3) is 0.375. The Morgan fingerprint density at radius 3 is 2.70 bits per heavy atom. The molecular weight excluding hydrogens is 318 g/mol. The summed E-state index contributed by atoms with van der Waals surface area (Å²) in [5.41, 5.74) is 2.31. The van der Waals surface area contributed by atoms with Gasteiger partial charge in [0.25, 0.3) is 0 Å². The van der Waals surface area contributed by atoms with Crippen LogP contribution in [0.5, 0.6) is 5.75 Å². The van der Waals surface area contributed by atoms with Crippen LogP contribution in [0.4, 0.5) is 0 Å². The third-order valence-electron chi connectivity index (χ3n) is 3.27. The zero-order chi connectivity index (χ0) is 14.5. The van der Waals surface area contributed by atoms with Gasteiger partial charge in [-0.1, -0.05) is 13.0 Å². The van der Waals surface area contributed by atoms with E-state index in [1.165, 1.54) is 0 Å². The zero-order valence-electron chi connectivity index (χ0n) is 12.1. The Morgan fingerprint density at radius 2 is 2.15 bits per heavy atom. The maximum absolute atomic E-state index is 5.67. The first kappa shape index (κ1) is 15.1. The largest absolute Gasteiger partial charge is 0.496 e. The van der Waals surface area contributed by atoms with E-state index < -0.39 is 0 Å². The van der Waals surface area contributed by atoms with E-state index in [0.29, 0.717) is 0 Å². The molecule has 1 aromatic carbocycles. The maximum Gasteiger partial charge on any atom is 0.133 e. The summed E-state index contributed by atoms with van der Waals surface area (Å²) in [5.74, 6) is 1.80. The SMILES string of the molecule is CCCNC(c1ccc(OC)c(Br)c1)c1occc1C. The molecule has 4 heteroatoms. The molecule has 0 amide bonds. The van der Waals surface area contributed by atoms with Crippen LogP contribution in [-0.2, 0) is 0 Å². The lowest BCUT2D eigenvalue weighted by molar-refractivity contribution is 0.411. The average molecular weight is 338 g/mol. The van der Waals surface area contributed by atoms with Crippen LogP contribution in [0.1, 0.15) is 36.3 Å². The van der Waals surface area contributed by atoms with Crippen molar-refractivity contribution in [3.8, 4) is 5.75 Å². The van der Waals surface area contributed by atoms with Crippen LogP contribution in [-0.4, -0.2) is 13.7 Å². The number of benzene rings is 1. The monoisotopic (exact) mass is 337 g/mol. The Hall–Kier alpha value is -1.26. The molecule has 0 saturated heterocycles. The second-order valence-corrected chi connectivity index (χ2v) is 5.60. The molecule has 20 heavy (non-hydrogen) atoms. The molecule has 0 aliphatic rings. The smallest absolute Gasteiger partial charge is 0.133 e. The highest BCUT2D eigenvalue weighted by Gasteiger charge is 2.19. The second-order valence-electron chi connectivity index (χ2n) is 4.75. The summed E-state index contributed by atoms with van der Waals surface area (Å²) >= 11 is 3.54. The lowest BCUT2D eigenvalue weighted by Gasteiger charge is -2.19. The van der Waals surface area contributed by atoms with Crippen molar-refractivity contribution in [2.45, 2.75) is 26.3 Å². The highest BCUT2D eigenvalue weighted by molar-refractivity contribution is 9.10. The molecule has 3 nitrogen and oxygen atoms in total. The van der Waals surface area contributed by atoms with E-state index in [1.54, 1.807) is 13.4 Å². The quantitative estimate of drug-likeness (QED) is 0.845. The molecule has 2 aromatic rings. The molecule has 1 unspecified atom stereocenters. The Bertz CT molecular complexity index is 565. The summed E-state index contributed by atoms with van der Waals surface area (Å²) in [7, 11) is 1.67. The van der Waals surface area contributed by atoms with Gasteiger partial charge in [0, 0.05) is 0 Å². The number of hydrogen-bond donors (Lipinski definition) is 1. The van der Waals surface area contributed by atoms with Crippen LogP contribution in [0.25, 0.3) is 0 Å². The van der Waals surface area contributed by atoms with Crippen molar-refractivity contribution < 1.29 is 9.15 Å². The number of halogens is 1. The van der Waals surface area contributed by atoms with Crippen molar-refractivity contribution in [2.75, 3.05) is 13.7 Å². The minimum absolute atomic E-state index is 0.0622. The number of rotatable bonds is 6. The molecule has 1 heterocycles. The molecule has 0 aliphatic heterocycles. The van der Waals surface area contributed by atoms with Gasteiger partial charge >= 0.3 is 0 Å². The summed E-state index contributed by atoms with van der Waals surface area (Å²) in [6.45, 7) is 5.16. The van der Waals surface area contributed by atoms with Gasteiger partial charge in [-0.05, 0) is 65.1 Å². The molecule has 0 fully saturated rings. The van der Waals surface area contributed by atoms with Crippen LogP contribution in [0.15, 0.2) is 39.4 Å². The van der Waals surface area contributed by atoms with Crippen LogP contribution < -0.4 is 10.1 Å². The predicted octanol–water partition coefficient (Wildman–Crippen LogP) is 4.45. The summed E-state index contributed by atoms with van der Waals surface area (Å²) in [6, 6.07) is 8.17. The molecule has 0 bridgehead atoms. The minimum atomic E-state index is 0.0622. The molecule has 108 valence electrons. The highest BCUT2D eigenvalue weighted by Crippen LogP contribution is 2.32. The standard InChI is InChI=1S/C16H20BrNO2/c1-4-8-18-15(16-11(2)7-9-20-16)12-5-6-14(19-3)13(17)10-12/h5-7,9-10,15,18H,4,8H2,1-3H3. The first-order chi connectivity index (χ1) is 9.67. The Labute approximate surface area is 128 Å². The highest BCUT2D eigenvalue weighted by atomic mass is 79.9. The Kier molecular flexibility index (Phi) is 5.26. The number of methoxy groups -OCH3 is 1. The summed E-state index contributed by atoms with van der Waals surface area (Å²) in [6.07, 6.45) is 2.82. The van der Waals surface area contributed by atoms with E-state index in [1.807, 2.05) is 12.1 Å². The third kappa shape index (κ3) is 3.25. The van der Waals surface area contributed by atoms with Crippen LogP contribution in [0.3, 0.4) is 0 Å². The number of ether oxygens (including phenoxy) is 1. The van der Waals surface area contributed by atoms with Crippen LogP contribution in [0, 0.1) is 6.92 Å². The van der Waals surface area contributed by atoms with Gasteiger partial charge in [-0.25, -0.2) is 0 Å². The van der Waals surface area contributed by atoms with Crippen molar-refractivity contribution in [1.82, 2.24) is 5.32 Å². The van der Waals surface area contributed by atoms with Crippen LogP contribution in [0.2, 0.25) is 0 Å². The Balaban J connectivity index is 2.36. The van der Waals surface area contributed by atoms with Gasteiger partial charge in [-0.3, -0.25) is 0 Å². The van der Waals surface area contributed by atoms with E-state index in [9.17, 15) is 0 Å². The average Bonchev–Trinajstić information content (AvgIpc) is 2.86. The third-order valence-corrected chi connectivity index (χ3v) is 3.89. The molecule has 1 N–H and O–H groups in total. The van der Waals surface area contributed by atoms with E-state index in [4.69, 9.17) is 9.15 Å². The molecule has 0 saturated carbocycles. The van der Waals surface area contributed by atoms with Gasteiger partial charge < -0.3 is 14.5 Å².